The molecule has 1 aliphatic carbocycles. The Labute approximate surface area is 108 Å². The summed E-state index contributed by atoms with van der Waals surface area (Å²) < 4.78 is 0. The molecule has 0 amide bonds. The van der Waals surface area contributed by atoms with Gasteiger partial charge in [0.2, 0.25) is 0 Å². The van der Waals surface area contributed by atoms with Crippen molar-refractivity contribution in [2.24, 2.45) is 0 Å². The van der Waals surface area contributed by atoms with E-state index in [9.17, 15) is 0 Å². The van der Waals surface area contributed by atoms with E-state index in [1.807, 2.05) is 24.4 Å². The molecule has 0 spiro atoms. The van der Waals surface area contributed by atoms with Crippen molar-refractivity contribution in [2.45, 2.75) is 31.8 Å². The zero-order chi connectivity index (χ0) is 12.2. The first kappa shape index (κ1) is 11.4. The third kappa shape index (κ3) is 2.96. The number of nitrogens with one attached hydrogen (secondary N) is 1. The lowest BCUT2D eigenvalue weighted by Gasteiger charge is -2.06. The smallest absolute Gasteiger partial charge is 0.0541 e. The predicted molar refractivity (Wildman–Crippen MR) is 73.2 cm³/mol. The van der Waals surface area contributed by atoms with Crippen LogP contribution in [0.5, 0.6) is 0 Å². The highest BCUT2D eigenvalue weighted by Gasteiger charge is 2.23. The molecule has 0 unspecified atom stereocenters. The lowest BCUT2D eigenvalue weighted by atomic mass is 10.1. The van der Waals surface area contributed by atoms with Crippen LogP contribution in [-0.2, 0) is 13.1 Å². The highest BCUT2D eigenvalue weighted by molar-refractivity contribution is 5.29. The van der Waals surface area contributed by atoms with Gasteiger partial charge in [-0.1, -0.05) is 30.3 Å². The van der Waals surface area contributed by atoms with Crippen molar-refractivity contribution in [1.82, 2.24) is 10.3 Å². The Morgan fingerprint density at radius 1 is 1.06 bits per heavy atom. The molecule has 1 aliphatic rings. The molecule has 1 aromatic carbocycles. The topological polar surface area (TPSA) is 24.9 Å². The predicted octanol–water partition coefficient (Wildman–Crippen LogP) is 3.25. The first-order valence-corrected chi connectivity index (χ1v) is 6.61. The van der Waals surface area contributed by atoms with E-state index in [0.29, 0.717) is 0 Å². The SMILES string of the molecule is c1ccc(CNCc2cccc(C3CC3)c2)nc1. The molecule has 0 atom stereocenters. The van der Waals surface area contributed by atoms with Crippen LogP contribution in [0.15, 0.2) is 48.7 Å². The molecule has 1 N–H and O–H groups in total. The third-order valence-corrected chi connectivity index (χ3v) is 3.36. The van der Waals surface area contributed by atoms with Crippen molar-refractivity contribution in [3.05, 3.63) is 65.5 Å². The zero-order valence-electron chi connectivity index (χ0n) is 10.5. The highest BCUT2D eigenvalue weighted by atomic mass is 14.9. The molecule has 1 saturated carbocycles. The van der Waals surface area contributed by atoms with E-state index in [1.165, 1.54) is 24.0 Å². The van der Waals surface area contributed by atoms with Crippen LogP contribution < -0.4 is 5.32 Å². The van der Waals surface area contributed by atoms with Gasteiger partial charge in [-0.2, -0.15) is 0 Å². The molecule has 0 aliphatic heterocycles. The molecule has 1 fully saturated rings. The van der Waals surface area contributed by atoms with Crippen LogP contribution in [-0.4, -0.2) is 4.98 Å². The van der Waals surface area contributed by atoms with Crippen molar-refractivity contribution in [2.75, 3.05) is 0 Å². The summed E-state index contributed by atoms with van der Waals surface area (Å²) >= 11 is 0. The van der Waals surface area contributed by atoms with Gasteiger partial charge >= 0.3 is 0 Å². The molecule has 2 heteroatoms. The average Bonchev–Trinajstić information content (AvgIpc) is 3.25. The van der Waals surface area contributed by atoms with E-state index in [-0.39, 0.29) is 0 Å². The van der Waals surface area contributed by atoms with Crippen LogP contribution >= 0.6 is 0 Å². The molecule has 1 heterocycles. The fourth-order valence-electron chi connectivity index (χ4n) is 2.21. The van der Waals surface area contributed by atoms with Crippen molar-refractivity contribution in [3.8, 4) is 0 Å². The van der Waals surface area contributed by atoms with Crippen LogP contribution in [0.4, 0.5) is 0 Å². The van der Waals surface area contributed by atoms with Gasteiger partial charge in [0.05, 0.1) is 5.69 Å². The number of nitrogens with zero attached hydrogens (tertiary/aromatic N) is 1. The number of rotatable bonds is 5. The summed E-state index contributed by atoms with van der Waals surface area (Å²) in [6.07, 6.45) is 4.57. The maximum absolute atomic E-state index is 4.30. The summed E-state index contributed by atoms with van der Waals surface area (Å²) in [5, 5.41) is 3.44. The second kappa shape index (κ2) is 5.32. The summed E-state index contributed by atoms with van der Waals surface area (Å²) in [6, 6.07) is 15.0. The van der Waals surface area contributed by atoms with E-state index in [0.717, 1.165) is 24.7 Å². The van der Waals surface area contributed by atoms with Gasteiger partial charge in [0.25, 0.3) is 0 Å². The van der Waals surface area contributed by atoms with Crippen LogP contribution in [0.25, 0.3) is 0 Å². The Morgan fingerprint density at radius 2 is 2.00 bits per heavy atom. The summed E-state index contributed by atoms with van der Waals surface area (Å²) in [4.78, 5) is 4.30. The zero-order valence-corrected chi connectivity index (χ0v) is 10.5. The van der Waals surface area contributed by atoms with Crippen LogP contribution in [0, 0.1) is 0 Å². The molecule has 0 saturated heterocycles. The fourth-order valence-corrected chi connectivity index (χ4v) is 2.21. The molecular formula is C16H18N2. The summed E-state index contributed by atoms with van der Waals surface area (Å²) in [6.45, 7) is 1.74. The highest BCUT2D eigenvalue weighted by Crippen LogP contribution is 2.40. The van der Waals surface area contributed by atoms with Gasteiger partial charge in [-0.05, 0) is 42.0 Å². The van der Waals surface area contributed by atoms with E-state index >= 15 is 0 Å². The quantitative estimate of drug-likeness (QED) is 0.865. The van der Waals surface area contributed by atoms with Gasteiger partial charge < -0.3 is 5.32 Å². The Morgan fingerprint density at radius 3 is 2.78 bits per heavy atom. The fraction of sp³-hybridized carbons (Fsp3) is 0.312. The minimum Gasteiger partial charge on any atom is -0.307 e. The van der Waals surface area contributed by atoms with E-state index in [4.69, 9.17) is 0 Å². The lowest BCUT2D eigenvalue weighted by Crippen LogP contribution is -2.13. The minimum atomic E-state index is 0.828. The normalized spacial score (nSPS) is 14.7. The minimum absolute atomic E-state index is 0.828. The number of benzene rings is 1. The van der Waals surface area contributed by atoms with Crippen molar-refractivity contribution in [1.29, 1.82) is 0 Å². The molecule has 0 bridgehead atoms. The maximum atomic E-state index is 4.30. The lowest BCUT2D eigenvalue weighted by molar-refractivity contribution is 0.679. The number of pyridine rings is 1. The molecule has 18 heavy (non-hydrogen) atoms. The van der Waals surface area contributed by atoms with Gasteiger partial charge in [0, 0.05) is 19.3 Å². The number of hydrogen-bond acceptors (Lipinski definition) is 2. The first-order valence-electron chi connectivity index (χ1n) is 6.61. The second-order valence-electron chi connectivity index (χ2n) is 4.94. The first-order chi connectivity index (χ1) is 8.92. The van der Waals surface area contributed by atoms with Crippen LogP contribution in [0.2, 0.25) is 0 Å². The molecule has 1 aromatic heterocycles. The van der Waals surface area contributed by atoms with Crippen LogP contribution in [0.3, 0.4) is 0 Å². The van der Waals surface area contributed by atoms with Gasteiger partial charge in [0.1, 0.15) is 0 Å². The van der Waals surface area contributed by atoms with Gasteiger partial charge in [-0.25, -0.2) is 0 Å². The Balaban J connectivity index is 1.55. The standard InChI is InChI=1S/C16H18N2/c1-2-9-18-16(6-1)12-17-11-13-4-3-5-15(10-13)14-7-8-14/h1-6,9-10,14,17H,7-8,11-12H2. The molecular weight excluding hydrogens is 220 g/mol. The maximum Gasteiger partial charge on any atom is 0.0541 e. The van der Waals surface area contributed by atoms with Gasteiger partial charge in [-0.3, -0.25) is 4.98 Å². The van der Waals surface area contributed by atoms with Gasteiger partial charge in [0.15, 0.2) is 0 Å². The van der Waals surface area contributed by atoms with Gasteiger partial charge in [-0.15, -0.1) is 0 Å². The number of aromatic nitrogens is 1. The molecule has 3 rings (SSSR count). The third-order valence-electron chi connectivity index (χ3n) is 3.36. The van der Waals surface area contributed by atoms with Crippen LogP contribution in [0.1, 0.15) is 35.6 Å². The van der Waals surface area contributed by atoms with Crippen molar-refractivity contribution in [3.63, 3.8) is 0 Å². The summed E-state index contributed by atoms with van der Waals surface area (Å²) in [5.74, 6) is 0.834. The number of hydrogen-bond donors (Lipinski definition) is 1. The van der Waals surface area contributed by atoms with Crippen molar-refractivity contribution < 1.29 is 0 Å². The van der Waals surface area contributed by atoms with Crippen molar-refractivity contribution >= 4 is 0 Å². The largest absolute Gasteiger partial charge is 0.307 e. The average molecular weight is 238 g/mol. The monoisotopic (exact) mass is 238 g/mol. The van der Waals surface area contributed by atoms with E-state index in [2.05, 4.69) is 34.6 Å². The summed E-state index contributed by atoms with van der Waals surface area (Å²) in [7, 11) is 0. The molecule has 2 nitrogen and oxygen atoms in total. The Hall–Kier alpha value is -1.67. The Kier molecular flexibility index (Phi) is 3.37. The molecule has 92 valence electrons. The molecule has 0 radical (unpaired) electrons. The van der Waals surface area contributed by atoms with E-state index in [1.54, 1.807) is 0 Å². The van der Waals surface area contributed by atoms with E-state index < -0.39 is 0 Å². The Bertz CT molecular complexity index is 504. The second-order valence-corrected chi connectivity index (χ2v) is 4.94. The summed E-state index contributed by atoms with van der Waals surface area (Å²) in [5.41, 5.74) is 3.97. The molecule has 2 aromatic rings.